The van der Waals surface area contributed by atoms with E-state index in [1.165, 1.54) is 12.3 Å². The third-order valence-electron chi connectivity index (χ3n) is 1.96. The zero-order chi connectivity index (χ0) is 12.9. The third kappa shape index (κ3) is 4.90. The van der Waals surface area contributed by atoms with Crippen LogP contribution < -0.4 is 0 Å². The number of carboxylic acids is 1. The van der Waals surface area contributed by atoms with Gasteiger partial charge in [0.1, 0.15) is 17.9 Å². The lowest BCUT2D eigenvalue weighted by molar-refractivity contribution is -0.138. The molecule has 7 heteroatoms. The standard InChI is InChI=1S/C10H11F3O4/c11-10(12,13)3-1-4-16-6-8-7(9(14)15)2-5-17-8/h2,5H,1,3-4,6H2,(H,14,15). The summed E-state index contributed by atoms with van der Waals surface area (Å²) in [7, 11) is 0. The Bertz CT molecular complexity index is 370. The zero-order valence-corrected chi connectivity index (χ0v) is 8.79. The van der Waals surface area contributed by atoms with Crippen molar-refractivity contribution in [3.05, 3.63) is 23.7 Å². The van der Waals surface area contributed by atoms with Gasteiger partial charge in [-0.2, -0.15) is 13.2 Å². The molecule has 0 aromatic carbocycles. The summed E-state index contributed by atoms with van der Waals surface area (Å²) in [4.78, 5) is 10.6. The van der Waals surface area contributed by atoms with Crippen LogP contribution in [0.4, 0.5) is 13.2 Å². The van der Waals surface area contributed by atoms with Gasteiger partial charge in [0.2, 0.25) is 0 Å². The largest absolute Gasteiger partial charge is 0.478 e. The Morgan fingerprint density at radius 1 is 1.47 bits per heavy atom. The molecule has 0 amide bonds. The summed E-state index contributed by atoms with van der Waals surface area (Å²) in [6.45, 7) is -0.244. The van der Waals surface area contributed by atoms with E-state index in [0.29, 0.717) is 0 Å². The first-order valence-electron chi connectivity index (χ1n) is 4.84. The molecule has 1 aromatic heterocycles. The maximum atomic E-state index is 11.8. The average Bonchev–Trinajstić information content (AvgIpc) is 2.63. The van der Waals surface area contributed by atoms with Gasteiger partial charge in [0.25, 0.3) is 0 Å². The molecule has 0 saturated heterocycles. The van der Waals surface area contributed by atoms with Crippen LogP contribution in [0.15, 0.2) is 16.7 Å². The van der Waals surface area contributed by atoms with Crippen molar-refractivity contribution in [1.29, 1.82) is 0 Å². The molecule has 96 valence electrons. The molecule has 0 fully saturated rings. The number of halogens is 3. The van der Waals surface area contributed by atoms with Crippen LogP contribution in [0.5, 0.6) is 0 Å². The van der Waals surface area contributed by atoms with Gasteiger partial charge in [0, 0.05) is 13.0 Å². The first-order chi connectivity index (χ1) is 7.90. The number of carbonyl (C=O) groups is 1. The van der Waals surface area contributed by atoms with Crippen LogP contribution in [0.25, 0.3) is 0 Å². The summed E-state index contributed by atoms with van der Waals surface area (Å²) >= 11 is 0. The fourth-order valence-corrected chi connectivity index (χ4v) is 1.18. The first-order valence-corrected chi connectivity index (χ1v) is 4.84. The normalized spacial score (nSPS) is 11.7. The zero-order valence-electron chi connectivity index (χ0n) is 8.79. The van der Waals surface area contributed by atoms with Crippen molar-refractivity contribution in [2.75, 3.05) is 6.61 Å². The molecule has 0 aliphatic rings. The average molecular weight is 252 g/mol. The molecule has 0 saturated carbocycles. The molecule has 0 bridgehead atoms. The summed E-state index contributed by atoms with van der Waals surface area (Å²) in [5, 5.41) is 8.70. The number of aromatic carboxylic acids is 1. The Labute approximate surface area is 95.0 Å². The second-order valence-corrected chi connectivity index (χ2v) is 3.33. The molecule has 0 radical (unpaired) electrons. The van der Waals surface area contributed by atoms with Crippen molar-refractivity contribution in [3.63, 3.8) is 0 Å². The van der Waals surface area contributed by atoms with E-state index < -0.39 is 18.6 Å². The maximum Gasteiger partial charge on any atom is 0.389 e. The second-order valence-electron chi connectivity index (χ2n) is 3.33. The van der Waals surface area contributed by atoms with E-state index in [1.807, 2.05) is 0 Å². The van der Waals surface area contributed by atoms with E-state index in [0.717, 1.165) is 0 Å². The molecular formula is C10H11F3O4. The highest BCUT2D eigenvalue weighted by molar-refractivity contribution is 5.88. The van der Waals surface area contributed by atoms with E-state index in [1.54, 1.807) is 0 Å². The predicted molar refractivity (Wildman–Crippen MR) is 50.6 cm³/mol. The van der Waals surface area contributed by atoms with Crippen LogP contribution in [0, 0.1) is 0 Å². The van der Waals surface area contributed by atoms with Crippen molar-refractivity contribution in [1.82, 2.24) is 0 Å². The molecule has 1 heterocycles. The first kappa shape index (κ1) is 13.6. The van der Waals surface area contributed by atoms with Crippen molar-refractivity contribution in [2.45, 2.75) is 25.6 Å². The molecule has 0 unspecified atom stereocenters. The van der Waals surface area contributed by atoms with Gasteiger partial charge in [0.05, 0.1) is 6.26 Å². The fraction of sp³-hybridized carbons (Fsp3) is 0.500. The van der Waals surface area contributed by atoms with E-state index >= 15 is 0 Å². The molecule has 0 spiro atoms. The summed E-state index contributed by atoms with van der Waals surface area (Å²) in [6.07, 6.45) is -4.08. The van der Waals surface area contributed by atoms with Crippen molar-refractivity contribution in [3.8, 4) is 0 Å². The second kappa shape index (κ2) is 5.72. The summed E-state index contributed by atoms with van der Waals surface area (Å²) in [6, 6.07) is 1.26. The van der Waals surface area contributed by atoms with Crippen LogP contribution in [0.2, 0.25) is 0 Å². The minimum absolute atomic E-state index is 0.0409. The lowest BCUT2D eigenvalue weighted by atomic mass is 10.2. The summed E-state index contributed by atoms with van der Waals surface area (Å²) < 4.78 is 45.1. The SMILES string of the molecule is O=C(O)c1ccoc1COCCCC(F)(F)F. The number of alkyl halides is 3. The van der Waals surface area contributed by atoms with Gasteiger partial charge in [-0.05, 0) is 12.5 Å². The quantitative estimate of drug-likeness (QED) is 0.791. The van der Waals surface area contributed by atoms with E-state index in [-0.39, 0.29) is 31.0 Å². The van der Waals surface area contributed by atoms with Crippen molar-refractivity contribution >= 4 is 5.97 Å². The van der Waals surface area contributed by atoms with Gasteiger partial charge in [0.15, 0.2) is 0 Å². The van der Waals surface area contributed by atoms with Crippen LogP contribution in [0.1, 0.15) is 29.0 Å². The third-order valence-corrected chi connectivity index (χ3v) is 1.96. The van der Waals surface area contributed by atoms with E-state index in [4.69, 9.17) is 14.3 Å². The van der Waals surface area contributed by atoms with E-state index in [2.05, 4.69) is 0 Å². The van der Waals surface area contributed by atoms with Gasteiger partial charge in [-0.25, -0.2) is 4.79 Å². The predicted octanol–water partition coefficient (Wildman–Crippen LogP) is 2.84. The molecular weight excluding hydrogens is 241 g/mol. The van der Waals surface area contributed by atoms with Gasteiger partial charge < -0.3 is 14.3 Å². The highest BCUT2D eigenvalue weighted by atomic mass is 19.4. The number of rotatable bonds is 6. The van der Waals surface area contributed by atoms with Crippen LogP contribution in [0.3, 0.4) is 0 Å². The topological polar surface area (TPSA) is 59.7 Å². The molecule has 0 aliphatic carbocycles. The maximum absolute atomic E-state index is 11.8. The number of carboxylic acid groups (broad SMARTS) is 1. The van der Waals surface area contributed by atoms with Crippen molar-refractivity contribution in [2.24, 2.45) is 0 Å². The van der Waals surface area contributed by atoms with E-state index in [9.17, 15) is 18.0 Å². The number of hydrogen-bond acceptors (Lipinski definition) is 3. The highest BCUT2D eigenvalue weighted by Crippen LogP contribution is 2.21. The molecule has 0 atom stereocenters. The lowest BCUT2D eigenvalue weighted by Gasteiger charge is -2.06. The smallest absolute Gasteiger partial charge is 0.389 e. The Balaban J connectivity index is 2.27. The molecule has 4 nitrogen and oxygen atoms in total. The molecule has 17 heavy (non-hydrogen) atoms. The molecule has 1 N–H and O–H groups in total. The number of ether oxygens (including phenoxy) is 1. The Morgan fingerprint density at radius 2 is 2.18 bits per heavy atom. The summed E-state index contributed by atoms with van der Waals surface area (Å²) in [5.41, 5.74) is -0.0409. The molecule has 1 aromatic rings. The Morgan fingerprint density at radius 3 is 2.76 bits per heavy atom. The number of hydrogen-bond donors (Lipinski definition) is 1. The Kier molecular flexibility index (Phi) is 4.56. The Hall–Kier alpha value is -1.50. The fourth-order valence-electron chi connectivity index (χ4n) is 1.18. The minimum atomic E-state index is -4.19. The van der Waals surface area contributed by atoms with Crippen molar-refractivity contribution < 1.29 is 32.2 Å². The number of furan rings is 1. The molecule has 1 rings (SSSR count). The van der Waals surface area contributed by atoms with Gasteiger partial charge in [-0.15, -0.1) is 0 Å². The van der Waals surface area contributed by atoms with Crippen LogP contribution in [-0.2, 0) is 11.3 Å². The minimum Gasteiger partial charge on any atom is -0.478 e. The van der Waals surface area contributed by atoms with Gasteiger partial charge in [-0.3, -0.25) is 0 Å². The highest BCUT2D eigenvalue weighted by Gasteiger charge is 2.26. The lowest BCUT2D eigenvalue weighted by Crippen LogP contribution is -2.09. The van der Waals surface area contributed by atoms with Crippen LogP contribution >= 0.6 is 0 Å². The molecule has 0 aliphatic heterocycles. The van der Waals surface area contributed by atoms with Gasteiger partial charge in [-0.1, -0.05) is 0 Å². The van der Waals surface area contributed by atoms with Crippen LogP contribution in [-0.4, -0.2) is 23.9 Å². The summed E-state index contributed by atoms with van der Waals surface area (Å²) in [5.74, 6) is -1.06. The monoisotopic (exact) mass is 252 g/mol. The van der Waals surface area contributed by atoms with Gasteiger partial charge >= 0.3 is 12.1 Å².